The van der Waals surface area contributed by atoms with E-state index in [9.17, 15) is 9.59 Å². The molecule has 1 fully saturated rings. The minimum absolute atomic E-state index is 0.142. The van der Waals surface area contributed by atoms with E-state index >= 15 is 0 Å². The number of nitrogens with one attached hydrogen (secondary N) is 1. The molecule has 1 aromatic carbocycles. The third kappa shape index (κ3) is 3.49. The summed E-state index contributed by atoms with van der Waals surface area (Å²) in [6, 6.07) is 15.2. The molecule has 8 nitrogen and oxygen atoms in total. The van der Waals surface area contributed by atoms with Crippen LogP contribution in [0.1, 0.15) is 15.9 Å². The SMILES string of the molecule is O=C(NCc1ccncc1)c1c(=O)c2ccc(N3CCOCC3)nc2n2c1sc1ccccc12. The molecule has 5 heterocycles. The van der Waals surface area contributed by atoms with E-state index in [1.165, 1.54) is 11.3 Å². The molecule has 0 aliphatic carbocycles. The molecule has 5 aromatic rings. The van der Waals surface area contributed by atoms with Gasteiger partial charge in [0.1, 0.15) is 16.2 Å². The maximum atomic E-state index is 13.6. The summed E-state index contributed by atoms with van der Waals surface area (Å²) in [4.78, 5) is 38.6. The van der Waals surface area contributed by atoms with Crippen molar-refractivity contribution in [1.82, 2.24) is 19.7 Å². The number of ether oxygens (including phenoxy) is 1. The van der Waals surface area contributed by atoms with Gasteiger partial charge in [-0.2, -0.15) is 0 Å². The van der Waals surface area contributed by atoms with Gasteiger partial charge >= 0.3 is 0 Å². The normalized spacial score (nSPS) is 14.2. The number of hydrogen-bond donors (Lipinski definition) is 1. The fourth-order valence-electron chi connectivity index (χ4n) is 4.32. The summed E-state index contributed by atoms with van der Waals surface area (Å²) in [5.74, 6) is 0.402. The number of carbonyl (C=O) groups excluding carboxylic acids is 1. The topological polar surface area (TPSA) is 88.8 Å². The van der Waals surface area contributed by atoms with Crippen LogP contribution in [0.25, 0.3) is 26.1 Å². The number of carbonyl (C=O) groups is 1. The van der Waals surface area contributed by atoms with Crippen molar-refractivity contribution in [2.45, 2.75) is 6.54 Å². The number of aromatic nitrogens is 3. The van der Waals surface area contributed by atoms with Gasteiger partial charge in [-0.3, -0.25) is 19.0 Å². The summed E-state index contributed by atoms with van der Waals surface area (Å²) in [7, 11) is 0. The molecule has 4 aromatic heterocycles. The van der Waals surface area contributed by atoms with Crippen LogP contribution in [-0.2, 0) is 11.3 Å². The summed E-state index contributed by atoms with van der Waals surface area (Å²) in [5.41, 5.74) is 2.22. The molecule has 6 rings (SSSR count). The molecule has 0 unspecified atom stereocenters. The highest BCUT2D eigenvalue weighted by Gasteiger charge is 2.23. The van der Waals surface area contributed by atoms with Gasteiger partial charge in [0.25, 0.3) is 5.91 Å². The van der Waals surface area contributed by atoms with Gasteiger partial charge in [-0.15, -0.1) is 11.3 Å². The molecule has 9 heteroatoms. The van der Waals surface area contributed by atoms with Crippen LogP contribution in [0.5, 0.6) is 0 Å². The van der Waals surface area contributed by atoms with Crippen LogP contribution >= 0.6 is 11.3 Å². The predicted molar refractivity (Wildman–Crippen MR) is 133 cm³/mol. The molecule has 1 aliphatic heterocycles. The molecule has 0 radical (unpaired) electrons. The quantitative estimate of drug-likeness (QED) is 0.433. The third-order valence-electron chi connectivity index (χ3n) is 6.04. The van der Waals surface area contributed by atoms with Crippen LogP contribution < -0.4 is 15.6 Å². The molecule has 0 saturated carbocycles. The first-order valence-corrected chi connectivity index (χ1v) is 11.9. The Morgan fingerprint density at radius 2 is 1.85 bits per heavy atom. The summed E-state index contributed by atoms with van der Waals surface area (Å²) in [6.45, 7) is 3.09. The first kappa shape index (κ1) is 20.8. The summed E-state index contributed by atoms with van der Waals surface area (Å²) < 4.78 is 8.40. The highest BCUT2D eigenvalue weighted by atomic mass is 32.1. The Labute approximate surface area is 198 Å². The van der Waals surface area contributed by atoms with Crippen molar-refractivity contribution in [3.8, 4) is 0 Å². The molecule has 0 bridgehead atoms. The zero-order valence-corrected chi connectivity index (χ0v) is 19.0. The fourth-order valence-corrected chi connectivity index (χ4v) is 5.50. The molecular weight excluding hydrogens is 450 g/mol. The maximum Gasteiger partial charge on any atom is 0.258 e. The van der Waals surface area contributed by atoms with Crippen LogP contribution in [0.3, 0.4) is 0 Å². The average molecular weight is 472 g/mol. The molecule has 1 amide bonds. The van der Waals surface area contributed by atoms with Gasteiger partial charge in [-0.25, -0.2) is 4.98 Å². The maximum absolute atomic E-state index is 13.6. The van der Waals surface area contributed by atoms with Crippen molar-refractivity contribution >= 4 is 49.1 Å². The van der Waals surface area contributed by atoms with E-state index in [0.717, 1.165) is 34.7 Å². The Kier molecular flexibility index (Phi) is 5.20. The van der Waals surface area contributed by atoms with Crippen molar-refractivity contribution in [1.29, 1.82) is 0 Å². The highest BCUT2D eigenvalue weighted by molar-refractivity contribution is 7.24. The van der Waals surface area contributed by atoms with Crippen LogP contribution in [0, 0.1) is 0 Å². The monoisotopic (exact) mass is 471 g/mol. The van der Waals surface area contributed by atoms with Gasteiger partial charge in [0.15, 0.2) is 5.65 Å². The Balaban J connectivity index is 1.54. The Morgan fingerprint density at radius 3 is 2.68 bits per heavy atom. The molecule has 1 aliphatic rings. The Morgan fingerprint density at radius 1 is 1.06 bits per heavy atom. The van der Waals surface area contributed by atoms with Gasteiger partial charge in [-0.05, 0) is 42.0 Å². The smallest absolute Gasteiger partial charge is 0.258 e. The lowest BCUT2D eigenvalue weighted by molar-refractivity contribution is 0.0951. The largest absolute Gasteiger partial charge is 0.378 e. The van der Waals surface area contributed by atoms with Crippen LogP contribution in [0.4, 0.5) is 5.82 Å². The number of para-hydroxylation sites is 1. The van der Waals surface area contributed by atoms with Crippen molar-refractivity contribution in [3.63, 3.8) is 0 Å². The number of anilines is 1. The number of fused-ring (bicyclic) bond motifs is 5. The number of rotatable bonds is 4. The molecule has 0 spiro atoms. The lowest BCUT2D eigenvalue weighted by atomic mass is 10.1. The third-order valence-corrected chi connectivity index (χ3v) is 7.18. The Bertz CT molecular complexity index is 1590. The van der Waals surface area contributed by atoms with Gasteiger partial charge < -0.3 is 15.0 Å². The second-order valence-electron chi connectivity index (χ2n) is 8.09. The van der Waals surface area contributed by atoms with E-state index < -0.39 is 5.91 Å². The van der Waals surface area contributed by atoms with Crippen LogP contribution in [0.2, 0.25) is 0 Å². The lowest BCUT2D eigenvalue weighted by Gasteiger charge is -2.27. The van der Waals surface area contributed by atoms with E-state index in [4.69, 9.17) is 9.72 Å². The van der Waals surface area contributed by atoms with Crippen molar-refractivity contribution in [2.75, 3.05) is 31.2 Å². The molecular formula is C25H21N5O3S. The highest BCUT2D eigenvalue weighted by Crippen LogP contribution is 2.31. The molecule has 1 saturated heterocycles. The first-order valence-electron chi connectivity index (χ1n) is 11.1. The van der Waals surface area contributed by atoms with Gasteiger partial charge in [0.05, 0.1) is 28.8 Å². The Hall–Kier alpha value is -3.82. The molecule has 0 atom stereocenters. The zero-order valence-electron chi connectivity index (χ0n) is 18.2. The van der Waals surface area contributed by atoms with Gasteiger partial charge in [0.2, 0.25) is 5.43 Å². The number of benzene rings is 1. The second kappa shape index (κ2) is 8.51. The lowest BCUT2D eigenvalue weighted by Crippen LogP contribution is -2.36. The molecule has 34 heavy (non-hydrogen) atoms. The van der Waals surface area contributed by atoms with Crippen molar-refractivity contribution in [2.24, 2.45) is 0 Å². The minimum atomic E-state index is -0.398. The van der Waals surface area contributed by atoms with Crippen molar-refractivity contribution in [3.05, 3.63) is 82.3 Å². The molecule has 170 valence electrons. The summed E-state index contributed by atoms with van der Waals surface area (Å²) in [5, 5.41) is 3.33. The van der Waals surface area contributed by atoms with E-state index in [2.05, 4.69) is 15.2 Å². The van der Waals surface area contributed by atoms with Gasteiger partial charge in [-0.1, -0.05) is 12.1 Å². The number of pyridine rings is 3. The zero-order chi connectivity index (χ0) is 23.1. The van der Waals surface area contributed by atoms with E-state index in [-0.39, 0.29) is 11.0 Å². The van der Waals surface area contributed by atoms with E-state index in [1.54, 1.807) is 18.5 Å². The van der Waals surface area contributed by atoms with Gasteiger partial charge in [0, 0.05) is 32.0 Å². The number of thiazole rings is 1. The van der Waals surface area contributed by atoms with Crippen LogP contribution in [0.15, 0.2) is 65.7 Å². The fraction of sp³-hybridized carbons (Fsp3) is 0.200. The number of nitrogens with zero attached hydrogens (tertiary/aromatic N) is 4. The van der Waals surface area contributed by atoms with E-state index in [1.807, 2.05) is 46.9 Å². The average Bonchev–Trinajstić information content (AvgIpc) is 3.27. The predicted octanol–water partition coefficient (Wildman–Crippen LogP) is 3.22. The second-order valence-corrected chi connectivity index (χ2v) is 9.12. The number of amides is 1. The van der Waals surface area contributed by atoms with Crippen molar-refractivity contribution < 1.29 is 9.53 Å². The van der Waals surface area contributed by atoms with Crippen LogP contribution in [-0.4, -0.2) is 46.6 Å². The number of hydrogen-bond acceptors (Lipinski definition) is 7. The summed E-state index contributed by atoms with van der Waals surface area (Å²) in [6.07, 6.45) is 3.35. The summed E-state index contributed by atoms with van der Waals surface area (Å²) >= 11 is 1.43. The minimum Gasteiger partial charge on any atom is -0.378 e. The standard InChI is InChI=1S/C25H21N5O3S/c31-22-17-5-6-20(29-11-13-33-14-12-29)28-23(17)30-18-3-1-2-4-19(18)34-25(30)21(22)24(32)27-15-16-7-9-26-10-8-16/h1-10H,11-15H2,(H,27,32). The first-order chi connectivity index (χ1) is 16.7. The molecule has 1 N–H and O–H groups in total. The van der Waals surface area contributed by atoms with E-state index in [0.29, 0.717) is 35.6 Å². The number of morpholine rings is 1.